The Balaban J connectivity index is 2.07. The molecule has 92 valence electrons. The smallest absolute Gasteiger partial charge is 0.255 e. The average molecular weight is 236 g/mol. The van der Waals surface area contributed by atoms with Crippen molar-refractivity contribution in [3.05, 3.63) is 29.6 Å². The van der Waals surface area contributed by atoms with Crippen molar-refractivity contribution in [1.29, 1.82) is 0 Å². The van der Waals surface area contributed by atoms with Gasteiger partial charge in [0, 0.05) is 19.3 Å². The number of anilines is 1. The van der Waals surface area contributed by atoms with E-state index in [0.29, 0.717) is 11.5 Å². The van der Waals surface area contributed by atoms with Gasteiger partial charge < -0.3 is 10.6 Å². The molecule has 1 amide bonds. The molecule has 0 heterocycles. The molecule has 1 aliphatic carbocycles. The van der Waals surface area contributed by atoms with Crippen LogP contribution in [0, 0.1) is 11.7 Å². The van der Waals surface area contributed by atoms with Gasteiger partial charge in [-0.15, -0.1) is 0 Å². The number of halogens is 1. The Kier molecular flexibility index (Phi) is 3.31. The summed E-state index contributed by atoms with van der Waals surface area (Å²) in [7, 11) is 1.77. The number of carbonyl (C=O) groups is 1. The van der Waals surface area contributed by atoms with Crippen molar-refractivity contribution in [3.63, 3.8) is 0 Å². The maximum Gasteiger partial charge on any atom is 0.255 e. The molecule has 1 aliphatic rings. The van der Waals surface area contributed by atoms with E-state index in [1.165, 1.54) is 37.5 Å². The predicted octanol–water partition coefficient (Wildman–Crippen LogP) is 2.28. The standard InChI is InChI=1S/C13H17FN2O/c1-16(8-9-3-2-4-9)13(17)11-6-5-10(14)7-12(11)15/h5-7,9H,2-4,8,15H2,1H3. The van der Waals surface area contributed by atoms with Crippen molar-refractivity contribution >= 4 is 11.6 Å². The summed E-state index contributed by atoms with van der Waals surface area (Å²) in [5.74, 6) is 0.0701. The molecule has 0 radical (unpaired) electrons. The van der Waals surface area contributed by atoms with Gasteiger partial charge >= 0.3 is 0 Å². The third kappa shape index (κ3) is 2.57. The van der Waals surface area contributed by atoms with E-state index in [9.17, 15) is 9.18 Å². The van der Waals surface area contributed by atoms with E-state index in [-0.39, 0.29) is 11.6 Å². The maximum absolute atomic E-state index is 12.9. The average Bonchev–Trinajstić information content (AvgIpc) is 2.22. The normalized spacial score (nSPS) is 15.4. The second-order valence-electron chi connectivity index (χ2n) is 4.71. The van der Waals surface area contributed by atoms with E-state index in [4.69, 9.17) is 5.73 Å². The summed E-state index contributed by atoms with van der Waals surface area (Å²) in [4.78, 5) is 13.7. The lowest BCUT2D eigenvalue weighted by Gasteiger charge is -2.30. The van der Waals surface area contributed by atoms with Crippen LogP contribution >= 0.6 is 0 Å². The zero-order valence-electron chi connectivity index (χ0n) is 9.95. The van der Waals surface area contributed by atoms with Crippen molar-refractivity contribution in [3.8, 4) is 0 Å². The van der Waals surface area contributed by atoms with Crippen LogP contribution in [0.3, 0.4) is 0 Å². The number of hydrogen-bond acceptors (Lipinski definition) is 2. The predicted molar refractivity (Wildman–Crippen MR) is 65.1 cm³/mol. The minimum absolute atomic E-state index is 0.130. The number of nitrogens with zero attached hydrogens (tertiary/aromatic N) is 1. The number of nitrogens with two attached hydrogens (primary N) is 1. The van der Waals surface area contributed by atoms with E-state index in [1.807, 2.05) is 0 Å². The Morgan fingerprint density at radius 2 is 2.24 bits per heavy atom. The first-order valence-corrected chi connectivity index (χ1v) is 5.88. The first kappa shape index (κ1) is 11.9. The molecule has 0 bridgehead atoms. The second kappa shape index (κ2) is 4.73. The summed E-state index contributed by atoms with van der Waals surface area (Å²) < 4.78 is 12.9. The van der Waals surface area contributed by atoms with Crippen LogP contribution in [0.2, 0.25) is 0 Å². The molecule has 17 heavy (non-hydrogen) atoms. The highest BCUT2D eigenvalue weighted by molar-refractivity contribution is 5.98. The first-order chi connectivity index (χ1) is 8.08. The molecule has 0 unspecified atom stereocenters. The quantitative estimate of drug-likeness (QED) is 0.818. The van der Waals surface area contributed by atoms with Crippen molar-refractivity contribution in [2.24, 2.45) is 5.92 Å². The van der Waals surface area contributed by atoms with E-state index in [2.05, 4.69) is 0 Å². The van der Waals surface area contributed by atoms with Gasteiger partial charge in [0.25, 0.3) is 5.91 Å². The van der Waals surface area contributed by atoms with Crippen LogP contribution < -0.4 is 5.73 Å². The van der Waals surface area contributed by atoms with Crippen LogP contribution in [0.4, 0.5) is 10.1 Å². The molecule has 0 aromatic heterocycles. The number of rotatable bonds is 3. The number of amides is 1. The lowest BCUT2D eigenvalue weighted by Crippen LogP contribution is -2.34. The molecule has 2 rings (SSSR count). The summed E-state index contributed by atoms with van der Waals surface area (Å²) in [6.07, 6.45) is 3.64. The third-order valence-electron chi connectivity index (χ3n) is 3.35. The molecule has 1 saturated carbocycles. The van der Waals surface area contributed by atoms with Crippen molar-refractivity contribution in [2.45, 2.75) is 19.3 Å². The Hall–Kier alpha value is -1.58. The van der Waals surface area contributed by atoms with Crippen molar-refractivity contribution < 1.29 is 9.18 Å². The van der Waals surface area contributed by atoms with Crippen LogP contribution in [-0.2, 0) is 0 Å². The molecule has 1 fully saturated rings. The first-order valence-electron chi connectivity index (χ1n) is 5.88. The Labute approximate surface area is 100 Å². The highest BCUT2D eigenvalue weighted by Crippen LogP contribution is 2.27. The van der Waals surface area contributed by atoms with Crippen LogP contribution in [0.1, 0.15) is 29.6 Å². The minimum atomic E-state index is -0.416. The summed E-state index contributed by atoms with van der Waals surface area (Å²) in [5.41, 5.74) is 6.24. The summed E-state index contributed by atoms with van der Waals surface area (Å²) in [6.45, 7) is 0.760. The van der Waals surface area contributed by atoms with Gasteiger partial charge in [-0.3, -0.25) is 4.79 Å². The van der Waals surface area contributed by atoms with Crippen LogP contribution in [-0.4, -0.2) is 24.4 Å². The molecule has 4 heteroatoms. The van der Waals surface area contributed by atoms with Crippen LogP contribution in [0.15, 0.2) is 18.2 Å². The fourth-order valence-electron chi connectivity index (χ4n) is 2.08. The Morgan fingerprint density at radius 3 is 2.76 bits per heavy atom. The lowest BCUT2D eigenvalue weighted by atomic mass is 9.85. The molecule has 2 N–H and O–H groups in total. The van der Waals surface area contributed by atoms with Gasteiger partial charge in [0.05, 0.1) is 5.56 Å². The molecule has 1 aromatic carbocycles. The molecule has 0 spiro atoms. The highest BCUT2D eigenvalue weighted by atomic mass is 19.1. The van der Waals surface area contributed by atoms with Crippen LogP contribution in [0.5, 0.6) is 0 Å². The van der Waals surface area contributed by atoms with E-state index in [1.54, 1.807) is 11.9 Å². The molecule has 3 nitrogen and oxygen atoms in total. The SMILES string of the molecule is CN(CC1CCC1)C(=O)c1ccc(F)cc1N. The van der Waals surface area contributed by atoms with Gasteiger partial charge in [-0.05, 0) is 37.0 Å². The third-order valence-corrected chi connectivity index (χ3v) is 3.35. The number of carbonyl (C=O) groups excluding carboxylic acids is 1. The maximum atomic E-state index is 12.9. The zero-order valence-corrected chi connectivity index (χ0v) is 9.95. The Morgan fingerprint density at radius 1 is 1.53 bits per heavy atom. The topological polar surface area (TPSA) is 46.3 Å². The van der Waals surface area contributed by atoms with Gasteiger partial charge in [-0.2, -0.15) is 0 Å². The van der Waals surface area contributed by atoms with Gasteiger partial charge in [0.1, 0.15) is 5.82 Å². The van der Waals surface area contributed by atoms with Crippen molar-refractivity contribution in [2.75, 3.05) is 19.3 Å². The molecule has 0 atom stereocenters. The van der Waals surface area contributed by atoms with Gasteiger partial charge in [-0.25, -0.2) is 4.39 Å². The Bertz CT molecular complexity index is 429. The summed E-state index contributed by atoms with van der Waals surface area (Å²) >= 11 is 0. The van der Waals surface area contributed by atoms with Gasteiger partial charge in [0.2, 0.25) is 0 Å². The zero-order chi connectivity index (χ0) is 12.4. The minimum Gasteiger partial charge on any atom is -0.398 e. The summed E-state index contributed by atoms with van der Waals surface area (Å²) in [5, 5.41) is 0. The fourth-order valence-corrected chi connectivity index (χ4v) is 2.08. The molecule has 1 aromatic rings. The highest BCUT2D eigenvalue weighted by Gasteiger charge is 2.22. The fraction of sp³-hybridized carbons (Fsp3) is 0.462. The molecule has 0 saturated heterocycles. The monoisotopic (exact) mass is 236 g/mol. The van der Waals surface area contributed by atoms with Gasteiger partial charge in [0.15, 0.2) is 0 Å². The molecule has 0 aliphatic heterocycles. The summed E-state index contributed by atoms with van der Waals surface area (Å²) in [6, 6.07) is 3.90. The van der Waals surface area contributed by atoms with Gasteiger partial charge in [-0.1, -0.05) is 6.42 Å². The van der Waals surface area contributed by atoms with Crippen LogP contribution in [0.25, 0.3) is 0 Å². The van der Waals surface area contributed by atoms with E-state index >= 15 is 0 Å². The van der Waals surface area contributed by atoms with E-state index < -0.39 is 5.82 Å². The largest absolute Gasteiger partial charge is 0.398 e. The number of benzene rings is 1. The van der Waals surface area contributed by atoms with E-state index in [0.717, 1.165) is 6.54 Å². The van der Waals surface area contributed by atoms with Crippen molar-refractivity contribution in [1.82, 2.24) is 4.90 Å². The number of nitrogen functional groups attached to an aromatic ring is 1. The molecular formula is C13H17FN2O. The lowest BCUT2D eigenvalue weighted by molar-refractivity contribution is 0.0746. The number of hydrogen-bond donors (Lipinski definition) is 1. The molecular weight excluding hydrogens is 219 g/mol. The second-order valence-corrected chi connectivity index (χ2v) is 4.71.